The molecule has 11 aromatic carbocycles. The Balaban J connectivity index is 0.961. The van der Waals surface area contributed by atoms with Gasteiger partial charge in [-0.3, -0.25) is 0 Å². The van der Waals surface area contributed by atoms with Crippen LogP contribution in [0.2, 0.25) is 0 Å². The van der Waals surface area contributed by atoms with E-state index in [0.29, 0.717) is 0 Å². The lowest BCUT2D eigenvalue weighted by atomic mass is 9.65. The van der Waals surface area contributed by atoms with Crippen LogP contribution in [-0.2, 0) is 10.8 Å². The number of fused-ring (bicyclic) bond motifs is 15. The third kappa shape index (κ3) is 6.00. The standard InChI is InChI=1S/C70H48N2S/c1-69(2)58-26-12-9-23-53(58)54-39-38-50(44-62(54)69)71(47-19-5-3-6-20-47)49-36-33-45(34-37-49)52-41-40-51(46-35-42-64-57(43-46)55-24-11-16-30-63(55)72(64)48-21-7-4-8-22-48)67-56-25-10-13-27-59(56)70(68(52)67)60-28-14-17-31-65(60)73-66-32-18-15-29-61(66)70/h3-44H,1-2H3. The number of aromatic nitrogens is 1. The maximum atomic E-state index is 2.45. The van der Waals surface area contributed by atoms with Gasteiger partial charge in [0, 0.05) is 48.7 Å². The molecule has 3 aliphatic rings. The van der Waals surface area contributed by atoms with Gasteiger partial charge in [-0.2, -0.15) is 0 Å². The molecule has 2 heterocycles. The van der Waals surface area contributed by atoms with E-state index in [9.17, 15) is 0 Å². The highest BCUT2D eigenvalue weighted by atomic mass is 32.2. The Kier molecular flexibility index (Phi) is 9.19. The molecule has 0 radical (unpaired) electrons. The average molecular weight is 949 g/mol. The Labute approximate surface area is 430 Å². The number of benzene rings is 11. The number of anilines is 3. The first-order valence-corrected chi connectivity index (χ1v) is 26.2. The van der Waals surface area contributed by atoms with Gasteiger partial charge in [0.25, 0.3) is 0 Å². The fourth-order valence-corrected chi connectivity index (χ4v) is 14.3. The van der Waals surface area contributed by atoms with Crippen molar-refractivity contribution in [2.24, 2.45) is 0 Å². The Hall–Kier alpha value is -8.63. The van der Waals surface area contributed by atoms with Crippen LogP contribution < -0.4 is 4.90 Å². The molecule has 2 aliphatic carbocycles. The summed E-state index contributed by atoms with van der Waals surface area (Å²) >= 11 is 1.89. The lowest BCUT2D eigenvalue weighted by molar-refractivity contribution is 0.660. The van der Waals surface area contributed by atoms with Gasteiger partial charge in [-0.25, -0.2) is 0 Å². The van der Waals surface area contributed by atoms with Gasteiger partial charge in [-0.1, -0.05) is 202 Å². The normalized spacial score (nSPS) is 14.1. The van der Waals surface area contributed by atoms with Crippen LogP contribution in [0.5, 0.6) is 0 Å². The Bertz CT molecular complexity index is 4160. The summed E-state index contributed by atoms with van der Waals surface area (Å²) in [5.41, 5.74) is 24.4. The number of hydrogen-bond acceptors (Lipinski definition) is 2. The van der Waals surface area contributed by atoms with E-state index in [1.165, 1.54) is 109 Å². The smallest absolute Gasteiger partial charge is 0.0741 e. The van der Waals surface area contributed by atoms with E-state index in [1.807, 2.05) is 11.8 Å². The van der Waals surface area contributed by atoms with Gasteiger partial charge in [0.15, 0.2) is 0 Å². The van der Waals surface area contributed by atoms with Gasteiger partial charge in [-0.15, -0.1) is 0 Å². The third-order valence-electron chi connectivity index (χ3n) is 16.3. The van der Waals surface area contributed by atoms with Gasteiger partial charge in [0.2, 0.25) is 0 Å². The van der Waals surface area contributed by atoms with Crippen LogP contribution in [-0.4, -0.2) is 4.57 Å². The van der Waals surface area contributed by atoms with Crippen molar-refractivity contribution in [1.82, 2.24) is 4.57 Å². The molecule has 2 nitrogen and oxygen atoms in total. The quantitative estimate of drug-likeness (QED) is 0.164. The fourth-order valence-electron chi connectivity index (χ4n) is 13.1. The minimum atomic E-state index is -0.577. The number of para-hydroxylation sites is 3. The molecule has 15 rings (SSSR count). The summed E-state index contributed by atoms with van der Waals surface area (Å²) in [6.45, 7) is 4.73. The van der Waals surface area contributed by atoms with E-state index in [0.717, 1.165) is 22.7 Å². The molecule has 0 fully saturated rings. The fraction of sp³-hybridized carbons (Fsp3) is 0.0571. The van der Waals surface area contributed by atoms with Gasteiger partial charge < -0.3 is 9.47 Å². The average Bonchev–Trinajstić information content (AvgIpc) is 4.03. The van der Waals surface area contributed by atoms with Crippen molar-refractivity contribution >= 4 is 50.6 Å². The molecular weight excluding hydrogens is 901 g/mol. The highest BCUT2D eigenvalue weighted by Gasteiger charge is 2.52. The largest absolute Gasteiger partial charge is 0.310 e. The molecule has 3 heteroatoms. The maximum absolute atomic E-state index is 2.45. The number of rotatable bonds is 6. The third-order valence-corrected chi connectivity index (χ3v) is 17.4. The van der Waals surface area contributed by atoms with Crippen LogP contribution in [0.25, 0.3) is 72.0 Å². The van der Waals surface area contributed by atoms with Crippen molar-refractivity contribution in [3.05, 3.63) is 288 Å². The molecule has 0 unspecified atom stereocenters. The Morgan fingerprint density at radius 2 is 0.890 bits per heavy atom. The monoisotopic (exact) mass is 948 g/mol. The zero-order valence-electron chi connectivity index (χ0n) is 40.6. The number of hydrogen-bond donors (Lipinski definition) is 0. The van der Waals surface area contributed by atoms with E-state index in [1.54, 1.807) is 0 Å². The summed E-state index contributed by atoms with van der Waals surface area (Å²) in [5, 5.41) is 2.49. The molecule has 344 valence electrons. The lowest BCUT2D eigenvalue weighted by Crippen LogP contribution is -2.32. The summed E-state index contributed by atoms with van der Waals surface area (Å²) in [5.74, 6) is 0. The second kappa shape index (κ2) is 15.9. The predicted octanol–water partition coefficient (Wildman–Crippen LogP) is 18.7. The van der Waals surface area contributed by atoms with Crippen molar-refractivity contribution < 1.29 is 0 Å². The van der Waals surface area contributed by atoms with E-state index in [2.05, 4.69) is 278 Å². The molecule has 0 amide bonds. The summed E-state index contributed by atoms with van der Waals surface area (Å²) in [6, 6.07) is 95.3. The number of nitrogens with zero attached hydrogens (tertiary/aromatic N) is 2. The first-order chi connectivity index (χ1) is 36.0. The van der Waals surface area contributed by atoms with Crippen molar-refractivity contribution in [3.8, 4) is 50.2 Å². The van der Waals surface area contributed by atoms with Crippen molar-refractivity contribution in [2.75, 3.05) is 4.90 Å². The molecule has 0 bridgehead atoms. The molecule has 0 atom stereocenters. The van der Waals surface area contributed by atoms with Crippen LogP contribution in [0.1, 0.15) is 47.2 Å². The zero-order valence-corrected chi connectivity index (χ0v) is 41.4. The van der Waals surface area contributed by atoms with E-state index in [-0.39, 0.29) is 5.41 Å². The molecule has 1 aliphatic heterocycles. The lowest BCUT2D eigenvalue weighted by Gasteiger charge is -2.40. The maximum Gasteiger partial charge on any atom is 0.0741 e. The van der Waals surface area contributed by atoms with Crippen LogP contribution >= 0.6 is 11.8 Å². The van der Waals surface area contributed by atoms with E-state index < -0.39 is 5.41 Å². The van der Waals surface area contributed by atoms with Gasteiger partial charge >= 0.3 is 0 Å². The second-order valence-corrected chi connectivity index (χ2v) is 21.4. The van der Waals surface area contributed by atoms with Gasteiger partial charge in [0.05, 0.1) is 16.4 Å². The molecule has 1 spiro atoms. The highest BCUT2D eigenvalue weighted by molar-refractivity contribution is 7.99. The molecule has 73 heavy (non-hydrogen) atoms. The van der Waals surface area contributed by atoms with Crippen LogP contribution in [0, 0.1) is 0 Å². The molecule has 0 saturated heterocycles. The first-order valence-electron chi connectivity index (χ1n) is 25.4. The zero-order chi connectivity index (χ0) is 48.4. The predicted molar refractivity (Wildman–Crippen MR) is 305 cm³/mol. The highest BCUT2D eigenvalue weighted by Crippen LogP contribution is 2.65. The molecule has 1 aromatic heterocycles. The van der Waals surface area contributed by atoms with Crippen LogP contribution in [0.3, 0.4) is 0 Å². The summed E-state index contributed by atoms with van der Waals surface area (Å²) in [6.07, 6.45) is 0. The molecular formula is C70H48N2S. The van der Waals surface area contributed by atoms with Gasteiger partial charge in [-0.05, 0) is 157 Å². The molecule has 0 N–H and O–H groups in total. The minimum absolute atomic E-state index is 0.115. The summed E-state index contributed by atoms with van der Waals surface area (Å²) in [4.78, 5) is 5.01. The van der Waals surface area contributed by atoms with Gasteiger partial charge in [0.1, 0.15) is 0 Å². The summed E-state index contributed by atoms with van der Waals surface area (Å²) in [7, 11) is 0. The minimum Gasteiger partial charge on any atom is -0.310 e. The Morgan fingerprint density at radius 1 is 0.356 bits per heavy atom. The topological polar surface area (TPSA) is 8.17 Å². The summed E-state index contributed by atoms with van der Waals surface area (Å²) < 4.78 is 2.41. The van der Waals surface area contributed by atoms with Crippen LogP contribution in [0.15, 0.2) is 265 Å². The van der Waals surface area contributed by atoms with Crippen molar-refractivity contribution in [2.45, 2.75) is 34.5 Å². The van der Waals surface area contributed by atoms with E-state index >= 15 is 0 Å². The van der Waals surface area contributed by atoms with Crippen molar-refractivity contribution in [3.63, 3.8) is 0 Å². The van der Waals surface area contributed by atoms with Crippen LogP contribution in [0.4, 0.5) is 17.1 Å². The Morgan fingerprint density at radius 3 is 1.64 bits per heavy atom. The second-order valence-electron chi connectivity index (χ2n) is 20.3. The molecule has 0 saturated carbocycles. The van der Waals surface area contributed by atoms with E-state index in [4.69, 9.17) is 0 Å². The first kappa shape index (κ1) is 42.1. The van der Waals surface area contributed by atoms with Crippen molar-refractivity contribution in [1.29, 1.82) is 0 Å². The SMILES string of the molecule is CC1(C)c2ccccc2-c2ccc(N(c3ccccc3)c3ccc(-c4ccc(-c5ccc6c(c5)c5ccccc5n6-c5ccccc5)c5c4C4(c6ccccc6Sc6ccccc64)c4ccccc4-5)cc3)cc21. The molecule has 12 aromatic rings.